The highest BCUT2D eigenvalue weighted by atomic mass is 16.7. The second-order valence-electron chi connectivity index (χ2n) is 7.46. The quantitative estimate of drug-likeness (QED) is 0.443. The molecule has 0 aliphatic carbocycles. The van der Waals surface area contributed by atoms with E-state index in [4.69, 9.17) is 24.7 Å². The van der Waals surface area contributed by atoms with E-state index < -0.39 is 36.7 Å². The molecule has 2 saturated heterocycles. The lowest BCUT2D eigenvalue weighted by Gasteiger charge is -2.26. The first kappa shape index (κ1) is 22.2. The van der Waals surface area contributed by atoms with E-state index in [-0.39, 0.29) is 18.1 Å². The average molecular weight is 448 g/mol. The van der Waals surface area contributed by atoms with E-state index in [1.807, 2.05) is 6.07 Å². The highest BCUT2D eigenvalue weighted by Crippen LogP contribution is 2.40. The molecule has 4 N–H and O–H groups in total. The van der Waals surface area contributed by atoms with Crippen molar-refractivity contribution in [2.75, 3.05) is 51.8 Å². The van der Waals surface area contributed by atoms with Gasteiger partial charge in [0, 0.05) is 19.6 Å². The lowest BCUT2D eigenvalue weighted by atomic mass is 9.92. The molecule has 2 fully saturated rings. The standard InChI is InChI=1S/C19H24N6O7/c20-10-19(14-2-1-12-17(21)22-11-23-25(12)14)16(27)15(26)13(32-19)9-31-18(28)30-8-5-24-3-6-29-7-4-24/h1-2,11,13,15-16,26-27H,3-9H2,(H2,21,22,23)/t13-,15-,16-,19+/m1/s1. The molecule has 2 aromatic rings. The Morgan fingerprint density at radius 1 is 1.34 bits per heavy atom. The van der Waals surface area contributed by atoms with Crippen LogP contribution in [0.4, 0.5) is 10.6 Å². The van der Waals surface area contributed by atoms with Crippen LogP contribution < -0.4 is 5.73 Å². The van der Waals surface area contributed by atoms with Gasteiger partial charge in [-0.15, -0.1) is 0 Å². The number of fused-ring (bicyclic) bond motifs is 1. The Kier molecular flexibility index (Phi) is 6.40. The summed E-state index contributed by atoms with van der Waals surface area (Å²) in [4.78, 5) is 17.9. The summed E-state index contributed by atoms with van der Waals surface area (Å²) in [5.41, 5.74) is 4.43. The predicted molar refractivity (Wildman–Crippen MR) is 106 cm³/mol. The second-order valence-corrected chi connectivity index (χ2v) is 7.46. The molecule has 0 spiro atoms. The minimum atomic E-state index is -1.96. The molecule has 0 bridgehead atoms. The number of morpholine rings is 1. The first-order valence-corrected chi connectivity index (χ1v) is 10.1. The molecule has 0 radical (unpaired) electrons. The van der Waals surface area contributed by atoms with Gasteiger partial charge in [0.2, 0.25) is 5.60 Å². The molecule has 172 valence electrons. The third kappa shape index (κ3) is 4.06. The van der Waals surface area contributed by atoms with Crippen LogP contribution in [0.5, 0.6) is 0 Å². The molecule has 13 nitrogen and oxygen atoms in total. The van der Waals surface area contributed by atoms with Crippen LogP contribution in [-0.4, -0.2) is 100 Å². The fraction of sp³-hybridized carbons (Fsp3) is 0.579. The van der Waals surface area contributed by atoms with Crippen molar-refractivity contribution in [2.24, 2.45) is 0 Å². The van der Waals surface area contributed by atoms with Crippen molar-refractivity contribution in [1.29, 1.82) is 5.26 Å². The molecule has 2 aliphatic heterocycles. The number of nitrogen functional groups attached to an aromatic ring is 1. The molecular formula is C19H24N6O7. The van der Waals surface area contributed by atoms with Gasteiger partial charge < -0.3 is 34.9 Å². The van der Waals surface area contributed by atoms with E-state index in [1.165, 1.54) is 16.9 Å². The molecule has 32 heavy (non-hydrogen) atoms. The SMILES string of the molecule is N#C[C@@]1(c2ccc3c(N)ncnn23)O[C@H](COC(=O)OCCN2CCOCC2)[C@@H](O)[C@H]1O. The number of carbonyl (C=O) groups excluding carboxylic acids is 1. The number of nitrogens with two attached hydrogens (primary N) is 1. The van der Waals surface area contributed by atoms with Gasteiger partial charge in [0.25, 0.3) is 0 Å². The van der Waals surface area contributed by atoms with E-state index in [1.54, 1.807) is 6.07 Å². The van der Waals surface area contributed by atoms with Crippen LogP contribution in [0.1, 0.15) is 5.69 Å². The van der Waals surface area contributed by atoms with Gasteiger partial charge in [-0.2, -0.15) is 10.4 Å². The summed E-state index contributed by atoms with van der Waals surface area (Å²) < 4.78 is 22.4. The van der Waals surface area contributed by atoms with Gasteiger partial charge in [0.15, 0.2) is 5.82 Å². The number of nitrogens with zero attached hydrogens (tertiary/aromatic N) is 5. The van der Waals surface area contributed by atoms with Crippen molar-refractivity contribution < 1.29 is 34.0 Å². The van der Waals surface area contributed by atoms with E-state index in [0.717, 1.165) is 13.1 Å². The number of nitriles is 1. The lowest BCUT2D eigenvalue weighted by molar-refractivity contribution is -0.0725. The van der Waals surface area contributed by atoms with Crippen molar-refractivity contribution >= 4 is 17.5 Å². The Morgan fingerprint density at radius 2 is 2.12 bits per heavy atom. The first-order chi connectivity index (χ1) is 15.5. The third-order valence-electron chi connectivity index (χ3n) is 5.58. The summed E-state index contributed by atoms with van der Waals surface area (Å²) in [6.07, 6.45) is -4.04. The number of hydrogen-bond donors (Lipinski definition) is 3. The summed E-state index contributed by atoms with van der Waals surface area (Å²) >= 11 is 0. The maximum absolute atomic E-state index is 11.9. The maximum atomic E-state index is 11.9. The molecule has 0 unspecified atom stereocenters. The Hall–Kier alpha value is -3.02. The van der Waals surface area contributed by atoms with Gasteiger partial charge in [-0.05, 0) is 12.1 Å². The molecule has 0 aromatic carbocycles. The predicted octanol–water partition coefficient (Wildman–Crippen LogP) is -1.36. The van der Waals surface area contributed by atoms with Crippen molar-refractivity contribution in [2.45, 2.75) is 23.9 Å². The maximum Gasteiger partial charge on any atom is 0.508 e. The van der Waals surface area contributed by atoms with Crippen molar-refractivity contribution in [1.82, 2.24) is 19.5 Å². The first-order valence-electron chi connectivity index (χ1n) is 10.1. The largest absolute Gasteiger partial charge is 0.508 e. The number of aliphatic hydroxyl groups is 2. The summed E-state index contributed by atoms with van der Waals surface area (Å²) in [6, 6.07) is 4.99. The minimum Gasteiger partial charge on any atom is -0.433 e. The fourth-order valence-electron chi connectivity index (χ4n) is 3.82. The minimum absolute atomic E-state index is 0.134. The van der Waals surface area contributed by atoms with Crippen LogP contribution in [0, 0.1) is 11.3 Å². The second kappa shape index (κ2) is 9.23. The molecule has 4 atom stereocenters. The molecule has 4 rings (SSSR count). The smallest absolute Gasteiger partial charge is 0.433 e. The number of aliphatic hydroxyl groups excluding tert-OH is 2. The number of anilines is 1. The Bertz CT molecular complexity index is 1000. The molecule has 0 amide bonds. The number of aromatic nitrogens is 3. The van der Waals surface area contributed by atoms with Gasteiger partial charge in [-0.3, -0.25) is 4.90 Å². The zero-order valence-corrected chi connectivity index (χ0v) is 17.2. The number of carbonyl (C=O) groups is 1. The van der Waals surface area contributed by atoms with Gasteiger partial charge in [-0.1, -0.05) is 0 Å². The van der Waals surface area contributed by atoms with Gasteiger partial charge in [0.1, 0.15) is 49.4 Å². The topological polar surface area (TPSA) is 178 Å². The molecule has 4 heterocycles. The van der Waals surface area contributed by atoms with Crippen molar-refractivity contribution in [3.05, 3.63) is 24.2 Å². The fourth-order valence-corrected chi connectivity index (χ4v) is 3.82. The zero-order chi connectivity index (χ0) is 22.7. The normalized spacial score (nSPS) is 28.5. The van der Waals surface area contributed by atoms with Crippen LogP contribution in [-0.2, 0) is 24.5 Å². The number of ether oxygens (including phenoxy) is 4. The Morgan fingerprint density at radius 3 is 2.88 bits per heavy atom. The molecule has 2 aromatic heterocycles. The van der Waals surface area contributed by atoms with Crippen molar-refractivity contribution in [3.8, 4) is 6.07 Å². The molecule has 13 heteroatoms. The number of hydrogen-bond acceptors (Lipinski definition) is 12. The average Bonchev–Trinajstić information content (AvgIpc) is 3.35. The zero-order valence-electron chi connectivity index (χ0n) is 17.2. The van der Waals surface area contributed by atoms with Gasteiger partial charge in [-0.25, -0.2) is 14.3 Å². The van der Waals surface area contributed by atoms with E-state index >= 15 is 0 Å². The van der Waals surface area contributed by atoms with Crippen molar-refractivity contribution in [3.63, 3.8) is 0 Å². The van der Waals surface area contributed by atoms with Crippen LogP contribution >= 0.6 is 0 Å². The van der Waals surface area contributed by atoms with Crippen LogP contribution in [0.25, 0.3) is 5.52 Å². The summed E-state index contributed by atoms with van der Waals surface area (Å²) in [6.45, 7) is 3.07. The van der Waals surface area contributed by atoms with Crippen LogP contribution in [0.2, 0.25) is 0 Å². The summed E-state index contributed by atoms with van der Waals surface area (Å²) in [5, 5.41) is 35.0. The van der Waals surface area contributed by atoms with E-state index in [9.17, 15) is 20.3 Å². The summed E-state index contributed by atoms with van der Waals surface area (Å²) in [7, 11) is 0. The number of rotatable bonds is 6. The van der Waals surface area contributed by atoms with E-state index in [2.05, 4.69) is 15.0 Å². The van der Waals surface area contributed by atoms with E-state index in [0.29, 0.717) is 25.3 Å². The molecule has 2 aliphatic rings. The molecular weight excluding hydrogens is 424 g/mol. The Labute approximate surface area is 182 Å². The van der Waals surface area contributed by atoms with Gasteiger partial charge in [0.05, 0.1) is 18.9 Å². The van der Waals surface area contributed by atoms with Gasteiger partial charge >= 0.3 is 6.16 Å². The van der Waals surface area contributed by atoms with Crippen LogP contribution in [0.3, 0.4) is 0 Å². The highest BCUT2D eigenvalue weighted by molar-refractivity contribution is 5.66. The third-order valence-corrected chi connectivity index (χ3v) is 5.58. The highest BCUT2D eigenvalue weighted by Gasteiger charge is 2.57. The Balaban J connectivity index is 1.38. The summed E-state index contributed by atoms with van der Waals surface area (Å²) in [5.74, 6) is 0.173. The monoisotopic (exact) mass is 448 g/mol. The lowest BCUT2D eigenvalue weighted by Crippen LogP contribution is -2.41. The molecule has 0 saturated carbocycles. The van der Waals surface area contributed by atoms with Crippen LogP contribution in [0.15, 0.2) is 18.5 Å².